The molecule has 2 aromatic rings. The van der Waals surface area contributed by atoms with E-state index in [-0.39, 0.29) is 9.90 Å². The fraction of sp³-hybridized carbons (Fsp3) is 0.389. The number of amides is 1. The van der Waals surface area contributed by atoms with E-state index in [1.165, 1.54) is 18.2 Å². The number of nitrogens with one attached hydrogen (secondary N) is 1. The number of halogens is 2. The summed E-state index contributed by atoms with van der Waals surface area (Å²) in [6, 6.07) is 6.21. The number of carbonyl (C=O) groups excluding carboxylic acids is 2. The summed E-state index contributed by atoms with van der Waals surface area (Å²) in [5.41, 5.74) is -0.880. The van der Waals surface area contributed by atoms with Crippen LogP contribution in [0.15, 0.2) is 18.2 Å². The number of thiophene rings is 1. The third-order valence-electron chi connectivity index (χ3n) is 4.41. The van der Waals surface area contributed by atoms with Gasteiger partial charge >= 0.3 is 5.97 Å². The topological polar surface area (TPSA) is 79.2 Å². The number of hydrogen-bond donors (Lipinski definition) is 1. The maximum absolute atomic E-state index is 13.3. The van der Waals surface area contributed by atoms with Crippen LogP contribution in [0.1, 0.15) is 41.8 Å². The average molecular weight is 395 g/mol. The van der Waals surface area contributed by atoms with Gasteiger partial charge in [-0.1, -0.05) is 30.9 Å². The summed E-state index contributed by atoms with van der Waals surface area (Å²) in [4.78, 5) is 24.4. The molecule has 5 nitrogen and oxygen atoms in total. The third-order valence-corrected chi connectivity index (χ3v) is 6.05. The van der Waals surface area contributed by atoms with Crippen molar-refractivity contribution in [1.82, 2.24) is 5.32 Å². The van der Waals surface area contributed by atoms with Crippen molar-refractivity contribution in [3.8, 4) is 6.07 Å². The summed E-state index contributed by atoms with van der Waals surface area (Å²) in [6.45, 7) is -0.499. The molecule has 1 aliphatic carbocycles. The summed E-state index contributed by atoms with van der Waals surface area (Å²) in [7, 11) is 0. The Bertz CT molecular complexity index is 900. The van der Waals surface area contributed by atoms with Gasteiger partial charge in [-0.25, -0.2) is 9.18 Å². The molecule has 0 aliphatic heterocycles. The molecule has 8 heteroatoms. The number of nitriles is 1. The minimum Gasteiger partial charge on any atom is -0.451 e. The second kappa shape index (κ2) is 7.60. The van der Waals surface area contributed by atoms with Gasteiger partial charge in [-0.2, -0.15) is 5.26 Å². The smallest absolute Gasteiger partial charge is 0.350 e. The van der Waals surface area contributed by atoms with Gasteiger partial charge in [-0.3, -0.25) is 4.79 Å². The molecule has 0 spiro atoms. The van der Waals surface area contributed by atoms with Gasteiger partial charge in [-0.15, -0.1) is 11.3 Å². The molecule has 1 aromatic heterocycles. The lowest BCUT2D eigenvalue weighted by atomic mass is 9.83. The lowest BCUT2D eigenvalue weighted by Crippen LogP contribution is -2.50. The molecule has 1 saturated carbocycles. The van der Waals surface area contributed by atoms with E-state index in [1.54, 1.807) is 0 Å². The van der Waals surface area contributed by atoms with E-state index in [2.05, 4.69) is 11.4 Å². The monoisotopic (exact) mass is 394 g/mol. The minimum absolute atomic E-state index is 0.118. The Balaban J connectivity index is 1.64. The third kappa shape index (κ3) is 3.81. The van der Waals surface area contributed by atoms with Crippen molar-refractivity contribution >= 4 is 44.9 Å². The van der Waals surface area contributed by atoms with Crippen LogP contribution in [0.4, 0.5) is 4.39 Å². The van der Waals surface area contributed by atoms with Crippen LogP contribution in [0.2, 0.25) is 5.02 Å². The number of hydrogen-bond acceptors (Lipinski definition) is 5. The van der Waals surface area contributed by atoms with E-state index in [4.69, 9.17) is 16.3 Å². The highest BCUT2D eigenvalue weighted by molar-refractivity contribution is 7.21. The Morgan fingerprint density at radius 1 is 1.35 bits per heavy atom. The van der Waals surface area contributed by atoms with Crippen LogP contribution in [0.5, 0.6) is 0 Å². The van der Waals surface area contributed by atoms with Crippen molar-refractivity contribution < 1.29 is 18.7 Å². The normalized spacial score (nSPS) is 16.0. The molecular weight excluding hydrogens is 379 g/mol. The van der Waals surface area contributed by atoms with Gasteiger partial charge in [-0.05, 0) is 31.0 Å². The highest BCUT2D eigenvalue weighted by atomic mass is 35.5. The van der Waals surface area contributed by atoms with Crippen molar-refractivity contribution in [2.75, 3.05) is 6.61 Å². The molecule has 0 unspecified atom stereocenters. The first-order chi connectivity index (χ1) is 12.4. The average Bonchev–Trinajstić information content (AvgIpc) is 2.96. The quantitative estimate of drug-likeness (QED) is 0.788. The minimum atomic E-state index is -0.880. The number of esters is 1. The maximum atomic E-state index is 13.3. The highest BCUT2D eigenvalue weighted by Gasteiger charge is 2.33. The molecule has 1 heterocycles. The molecular formula is C18H16ClFN2O3S. The second-order valence-electron chi connectivity index (χ2n) is 6.26. The van der Waals surface area contributed by atoms with E-state index in [0.29, 0.717) is 22.9 Å². The number of ether oxygens (including phenoxy) is 1. The Labute approximate surface area is 158 Å². The number of rotatable bonds is 4. The molecule has 0 bridgehead atoms. The Morgan fingerprint density at radius 2 is 2.08 bits per heavy atom. The van der Waals surface area contributed by atoms with E-state index in [9.17, 15) is 19.2 Å². The molecule has 0 saturated heterocycles. The SMILES string of the molecule is N#CC1(NC(=O)COC(=O)c2sc3cc(F)ccc3c2Cl)CCCCC1. The molecule has 1 N–H and O–H groups in total. The van der Waals surface area contributed by atoms with Crippen LogP contribution in [0, 0.1) is 17.1 Å². The second-order valence-corrected chi connectivity index (χ2v) is 7.69. The number of carbonyl (C=O) groups is 2. The Morgan fingerprint density at radius 3 is 2.77 bits per heavy atom. The molecule has 3 rings (SSSR count). The summed E-state index contributed by atoms with van der Waals surface area (Å²) >= 11 is 7.17. The highest BCUT2D eigenvalue weighted by Crippen LogP contribution is 2.36. The fourth-order valence-corrected chi connectivity index (χ4v) is 4.52. The lowest BCUT2D eigenvalue weighted by molar-refractivity contribution is -0.125. The van der Waals surface area contributed by atoms with Gasteiger partial charge in [0.1, 0.15) is 16.2 Å². The lowest BCUT2D eigenvalue weighted by Gasteiger charge is -2.31. The molecule has 1 aromatic carbocycles. The van der Waals surface area contributed by atoms with Gasteiger partial charge in [0.2, 0.25) is 0 Å². The fourth-order valence-electron chi connectivity index (χ4n) is 3.09. The molecule has 1 amide bonds. The van der Waals surface area contributed by atoms with Gasteiger partial charge in [0.05, 0.1) is 11.1 Å². The molecule has 1 fully saturated rings. The van der Waals surface area contributed by atoms with Crippen LogP contribution in [0.25, 0.3) is 10.1 Å². The molecule has 0 atom stereocenters. The van der Waals surface area contributed by atoms with E-state index in [0.717, 1.165) is 30.6 Å². The van der Waals surface area contributed by atoms with E-state index in [1.807, 2.05) is 0 Å². The van der Waals surface area contributed by atoms with Crippen LogP contribution in [-0.2, 0) is 9.53 Å². The Kier molecular flexibility index (Phi) is 5.44. The van der Waals surface area contributed by atoms with Gasteiger partial charge in [0.15, 0.2) is 6.61 Å². The van der Waals surface area contributed by atoms with Crippen molar-refractivity contribution in [3.63, 3.8) is 0 Å². The predicted octanol–water partition coefficient (Wildman–Crippen LogP) is 4.19. The summed E-state index contributed by atoms with van der Waals surface area (Å²) in [5.74, 6) is -1.70. The number of nitrogens with zero attached hydrogens (tertiary/aromatic N) is 1. The zero-order valence-corrected chi connectivity index (χ0v) is 15.4. The largest absolute Gasteiger partial charge is 0.451 e. The predicted molar refractivity (Wildman–Crippen MR) is 96.6 cm³/mol. The summed E-state index contributed by atoms with van der Waals surface area (Å²) in [6.07, 6.45) is 3.98. The standard InChI is InChI=1S/C18H16ClFN2O3S/c19-15-12-5-4-11(20)8-13(12)26-16(15)17(24)25-9-14(23)22-18(10-21)6-2-1-3-7-18/h4-5,8H,1-3,6-7,9H2,(H,22,23). The van der Waals surface area contributed by atoms with E-state index >= 15 is 0 Å². The van der Waals surface area contributed by atoms with Crippen LogP contribution < -0.4 is 5.32 Å². The summed E-state index contributed by atoms with van der Waals surface area (Å²) in [5, 5.41) is 12.8. The van der Waals surface area contributed by atoms with Crippen molar-refractivity contribution in [3.05, 3.63) is 33.9 Å². The van der Waals surface area contributed by atoms with Crippen molar-refractivity contribution in [2.24, 2.45) is 0 Å². The number of fused-ring (bicyclic) bond motifs is 1. The Hall–Kier alpha value is -2.17. The molecule has 0 radical (unpaired) electrons. The van der Waals surface area contributed by atoms with Crippen LogP contribution >= 0.6 is 22.9 Å². The van der Waals surface area contributed by atoms with E-state index < -0.39 is 29.8 Å². The van der Waals surface area contributed by atoms with Gasteiger partial charge < -0.3 is 10.1 Å². The molecule has 136 valence electrons. The van der Waals surface area contributed by atoms with Gasteiger partial charge in [0, 0.05) is 10.1 Å². The number of benzene rings is 1. The maximum Gasteiger partial charge on any atom is 0.350 e. The zero-order valence-electron chi connectivity index (χ0n) is 13.8. The summed E-state index contributed by atoms with van der Waals surface area (Å²) < 4.78 is 18.9. The first-order valence-electron chi connectivity index (χ1n) is 8.21. The van der Waals surface area contributed by atoms with Crippen LogP contribution in [0.3, 0.4) is 0 Å². The molecule has 26 heavy (non-hydrogen) atoms. The first-order valence-corrected chi connectivity index (χ1v) is 9.40. The van der Waals surface area contributed by atoms with Crippen LogP contribution in [-0.4, -0.2) is 24.0 Å². The van der Waals surface area contributed by atoms with Gasteiger partial charge in [0.25, 0.3) is 5.91 Å². The van der Waals surface area contributed by atoms with Crippen molar-refractivity contribution in [2.45, 2.75) is 37.6 Å². The molecule has 1 aliphatic rings. The first kappa shape index (κ1) is 18.6. The zero-order chi connectivity index (χ0) is 18.7. The van der Waals surface area contributed by atoms with Crippen molar-refractivity contribution in [1.29, 1.82) is 5.26 Å².